The highest BCUT2D eigenvalue weighted by Gasteiger charge is 2.27. The van der Waals surface area contributed by atoms with Crippen LogP contribution in [0.2, 0.25) is 0 Å². The number of hydrogen-bond donors (Lipinski definition) is 4. The fourth-order valence-corrected chi connectivity index (χ4v) is 10.1. The Balaban J connectivity index is 3.73. The Morgan fingerprint density at radius 2 is 0.708 bits per heavy atom. The highest BCUT2D eigenvalue weighted by Crippen LogP contribution is 2.43. The van der Waals surface area contributed by atoms with Crippen molar-refractivity contribution in [2.24, 2.45) is 5.73 Å². The molecule has 0 spiro atoms. The number of hydrogen-bond acceptors (Lipinski definition) is 6. The lowest BCUT2D eigenvalue weighted by molar-refractivity contribution is -0.123. The van der Waals surface area contributed by atoms with Crippen LogP contribution in [0.15, 0.2) is 0 Å². The van der Waals surface area contributed by atoms with Gasteiger partial charge in [0.1, 0.15) is 0 Å². The van der Waals surface area contributed by atoms with E-state index in [4.69, 9.17) is 14.8 Å². The fourth-order valence-electron chi connectivity index (χ4n) is 9.32. The Hall–Kier alpha value is -0.500. The van der Waals surface area contributed by atoms with E-state index in [1.54, 1.807) is 0 Å². The Bertz CT molecular complexity index is 988. The summed E-state index contributed by atoms with van der Waals surface area (Å²) in [7, 11) is -4.31. The number of carbonyl (C=O) groups is 1. The summed E-state index contributed by atoms with van der Waals surface area (Å²) >= 11 is 0. The molecule has 0 heterocycles. The highest BCUT2D eigenvalue weighted by molar-refractivity contribution is 7.47. The third kappa shape index (κ3) is 51.2. The molecule has 5 N–H and O–H groups in total. The molecule has 0 saturated heterocycles. The number of phosphoric ester groups is 1. The Morgan fingerprint density at radius 3 is 0.985 bits per heavy atom. The lowest BCUT2D eigenvalue weighted by Gasteiger charge is -2.25. The lowest BCUT2D eigenvalue weighted by Crippen LogP contribution is -2.46. The Morgan fingerprint density at radius 1 is 0.446 bits per heavy atom. The third-order valence-electron chi connectivity index (χ3n) is 13.7. The molecule has 9 heteroatoms. The van der Waals surface area contributed by atoms with Crippen LogP contribution in [0.3, 0.4) is 0 Å². The molecule has 3 atom stereocenters. The standard InChI is InChI=1S/C56H115N2O6P/c1-3-5-7-9-11-13-15-17-18-19-20-21-22-23-24-25-26-27-28-29-30-31-32-33-34-35-36-37-38-40-42-44-46-48-50-56(60)58-54(53-64-65(61,62)63-52-51-57)55(59)49-47-45-43-41-39-16-14-12-10-8-6-4-2/h54-55,59H,3-53,57H2,1-2H3,(H,58,60)(H,61,62)/t54-,55+/m0/s1. The maximum atomic E-state index is 12.8. The molecule has 0 fully saturated rings. The van der Waals surface area contributed by atoms with Crippen molar-refractivity contribution in [3.63, 3.8) is 0 Å². The summed E-state index contributed by atoms with van der Waals surface area (Å²) in [4.78, 5) is 22.8. The van der Waals surface area contributed by atoms with Crippen molar-refractivity contribution >= 4 is 13.7 Å². The first-order chi connectivity index (χ1) is 31.9. The van der Waals surface area contributed by atoms with E-state index in [0.29, 0.717) is 12.8 Å². The van der Waals surface area contributed by atoms with Crippen LogP contribution in [0.4, 0.5) is 0 Å². The monoisotopic (exact) mass is 943 g/mol. The summed E-state index contributed by atoms with van der Waals surface area (Å²) in [6, 6.07) is -0.768. The minimum absolute atomic E-state index is 0.0927. The quantitative estimate of drug-likeness (QED) is 0.0353. The van der Waals surface area contributed by atoms with E-state index in [9.17, 15) is 19.4 Å². The number of aliphatic hydroxyl groups excluding tert-OH is 1. The Kier molecular flexibility index (Phi) is 52.5. The summed E-state index contributed by atoms with van der Waals surface area (Å²) in [6.45, 7) is 4.25. The van der Waals surface area contributed by atoms with Gasteiger partial charge in [0.05, 0.1) is 25.4 Å². The van der Waals surface area contributed by atoms with Crippen LogP contribution in [0.5, 0.6) is 0 Å². The van der Waals surface area contributed by atoms with E-state index < -0.39 is 20.0 Å². The molecule has 0 radical (unpaired) electrons. The van der Waals surface area contributed by atoms with Crippen LogP contribution in [0.25, 0.3) is 0 Å². The molecule has 0 aromatic rings. The molecule has 65 heavy (non-hydrogen) atoms. The van der Waals surface area contributed by atoms with Gasteiger partial charge in [-0.1, -0.05) is 303 Å². The molecule has 0 aromatic heterocycles. The number of amides is 1. The maximum Gasteiger partial charge on any atom is 0.472 e. The molecule has 8 nitrogen and oxygen atoms in total. The highest BCUT2D eigenvalue weighted by atomic mass is 31.2. The number of rotatable bonds is 56. The second-order valence-electron chi connectivity index (χ2n) is 20.2. The van der Waals surface area contributed by atoms with Crippen molar-refractivity contribution in [1.29, 1.82) is 0 Å². The number of nitrogens with two attached hydrogens (primary N) is 1. The van der Waals surface area contributed by atoms with E-state index >= 15 is 0 Å². The molecule has 0 saturated carbocycles. The van der Waals surface area contributed by atoms with Gasteiger partial charge in [-0.05, 0) is 12.8 Å². The number of nitrogens with one attached hydrogen (secondary N) is 1. The minimum atomic E-state index is -4.31. The number of aliphatic hydroxyl groups is 1. The van der Waals surface area contributed by atoms with Gasteiger partial charge in [-0.3, -0.25) is 13.8 Å². The van der Waals surface area contributed by atoms with Crippen molar-refractivity contribution in [2.45, 2.75) is 334 Å². The van der Waals surface area contributed by atoms with E-state index in [-0.39, 0.29) is 25.7 Å². The number of phosphoric acid groups is 1. The SMILES string of the molecule is CCCCCCCCCCCCCCCCCCCCCCCCCCCCCCCCCCCCC(=O)N[C@@H](COP(=O)(O)OCCN)[C@H](O)CCCCCCCCCCCCCC. The summed E-state index contributed by atoms with van der Waals surface area (Å²) in [5.74, 6) is -0.154. The van der Waals surface area contributed by atoms with Crippen molar-refractivity contribution < 1.29 is 28.4 Å². The average molecular weight is 944 g/mol. The summed E-state index contributed by atoms with van der Waals surface area (Å²) in [5, 5.41) is 13.8. The first kappa shape index (κ1) is 64.5. The van der Waals surface area contributed by atoms with Gasteiger partial charge in [0.2, 0.25) is 5.91 Å². The van der Waals surface area contributed by atoms with E-state index in [0.717, 1.165) is 38.5 Å². The molecule has 0 bridgehead atoms. The van der Waals surface area contributed by atoms with Gasteiger partial charge in [0.15, 0.2) is 0 Å². The normalized spacial score (nSPS) is 13.6. The largest absolute Gasteiger partial charge is 0.472 e. The zero-order valence-electron chi connectivity index (χ0n) is 43.8. The molecule has 0 rings (SSSR count). The maximum absolute atomic E-state index is 12.8. The molecule has 0 aromatic carbocycles. The molecule has 390 valence electrons. The predicted octanol–water partition coefficient (Wildman–Crippen LogP) is 17.7. The zero-order valence-corrected chi connectivity index (χ0v) is 44.7. The first-order valence-electron chi connectivity index (χ1n) is 29.2. The van der Waals surface area contributed by atoms with Gasteiger partial charge >= 0.3 is 7.82 Å². The third-order valence-corrected chi connectivity index (χ3v) is 14.7. The molecule has 1 amide bonds. The van der Waals surface area contributed by atoms with E-state index in [2.05, 4.69) is 19.2 Å². The van der Waals surface area contributed by atoms with Gasteiger partial charge in [-0.25, -0.2) is 4.57 Å². The minimum Gasteiger partial charge on any atom is -0.391 e. The van der Waals surface area contributed by atoms with Gasteiger partial charge in [0.25, 0.3) is 0 Å². The summed E-state index contributed by atoms with van der Waals surface area (Å²) in [5.41, 5.74) is 5.40. The Labute approximate surface area is 405 Å². The van der Waals surface area contributed by atoms with Gasteiger partial charge in [-0.2, -0.15) is 0 Å². The van der Waals surface area contributed by atoms with Gasteiger partial charge in [0, 0.05) is 13.0 Å². The van der Waals surface area contributed by atoms with Crippen molar-refractivity contribution in [2.75, 3.05) is 19.8 Å². The second kappa shape index (κ2) is 52.9. The first-order valence-corrected chi connectivity index (χ1v) is 30.6. The van der Waals surface area contributed by atoms with Crippen molar-refractivity contribution in [3.8, 4) is 0 Å². The van der Waals surface area contributed by atoms with E-state index in [1.807, 2.05) is 0 Å². The zero-order chi connectivity index (χ0) is 47.4. The molecule has 0 aliphatic rings. The van der Waals surface area contributed by atoms with Crippen LogP contribution < -0.4 is 11.1 Å². The van der Waals surface area contributed by atoms with Crippen molar-refractivity contribution in [3.05, 3.63) is 0 Å². The second-order valence-corrected chi connectivity index (χ2v) is 21.7. The molecule has 1 unspecified atom stereocenters. The predicted molar refractivity (Wildman–Crippen MR) is 282 cm³/mol. The van der Waals surface area contributed by atoms with Crippen molar-refractivity contribution in [1.82, 2.24) is 5.32 Å². The van der Waals surface area contributed by atoms with Crippen LogP contribution >= 0.6 is 7.82 Å². The summed E-state index contributed by atoms with van der Waals surface area (Å²) in [6.07, 6.45) is 61.8. The van der Waals surface area contributed by atoms with E-state index in [1.165, 1.54) is 257 Å². The molecule has 0 aliphatic heterocycles. The number of carbonyl (C=O) groups excluding carboxylic acids is 1. The van der Waals surface area contributed by atoms with Gasteiger partial charge in [-0.15, -0.1) is 0 Å². The van der Waals surface area contributed by atoms with Crippen LogP contribution in [0.1, 0.15) is 322 Å². The topological polar surface area (TPSA) is 131 Å². The van der Waals surface area contributed by atoms with Gasteiger partial charge < -0.3 is 21.1 Å². The van der Waals surface area contributed by atoms with Crippen LogP contribution in [-0.4, -0.2) is 47.8 Å². The molecule has 0 aliphatic carbocycles. The molecular weight excluding hydrogens is 828 g/mol. The smallest absolute Gasteiger partial charge is 0.391 e. The fraction of sp³-hybridized carbons (Fsp3) is 0.982. The lowest BCUT2D eigenvalue weighted by atomic mass is 10.0. The molecular formula is C56H115N2O6P. The van der Waals surface area contributed by atoms with Crippen LogP contribution in [-0.2, 0) is 18.4 Å². The summed E-state index contributed by atoms with van der Waals surface area (Å²) < 4.78 is 22.3. The number of unbranched alkanes of at least 4 members (excludes halogenated alkanes) is 44. The van der Waals surface area contributed by atoms with Crippen LogP contribution in [0, 0.1) is 0 Å². The average Bonchev–Trinajstić information content (AvgIpc) is 3.30.